The van der Waals surface area contributed by atoms with Crippen LogP contribution in [0.15, 0.2) is 40.7 Å². The number of rotatable bonds is 3. The molecule has 1 aromatic heterocycles. The quantitative estimate of drug-likeness (QED) is 0.821. The van der Waals surface area contributed by atoms with E-state index in [2.05, 4.69) is 29.2 Å². The molecular weight excluding hydrogens is 336 g/mol. The molecule has 1 aliphatic carbocycles. The standard InChI is InChI=1S/C18H20N4O2S/c1-3-25-18-20-17-19-13-8-10(2)9-14(24)15(13)16(22(17)21-18)11-4-6-12(23)7-5-11/h4-7,10,16,23H,3,8-9H2,1-2H3,(H,19,20,21)/t10-,16-/m0/s1. The highest BCUT2D eigenvalue weighted by molar-refractivity contribution is 7.99. The predicted octanol–water partition coefficient (Wildman–Crippen LogP) is 3.36. The van der Waals surface area contributed by atoms with Crippen molar-refractivity contribution >= 4 is 23.5 Å². The molecule has 0 radical (unpaired) electrons. The molecule has 6 nitrogen and oxygen atoms in total. The lowest BCUT2D eigenvalue weighted by atomic mass is 9.81. The van der Waals surface area contributed by atoms with Crippen molar-refractivity contribution in [1.82, 2.24) is 14.8 Å². The molecular formula is C18H20N4O2S. The lowest BCUT2D eigenvalue weighted by molar-refractivity contribution is -0.117. The minimum absolute atomic E-state index is 0.158. The van der Waals surface area contributed by atoms with Crippen molar-refractivity contribution in [3.05, 3.63) is 41.1 Å². The minimum Gasteiger partial charge on any atom is -0.508 e. The number of fused-ring (bicyclic) bond motifs is 1. The maximum atomic E-state index is 12.8. The monoisotopic (exact) mass is 356 g/mol. The number of nitrogens with zero attached hydrogens (tertiary/aromatic N) is 3. The number of carbonyl (C=O) groups is 1. The molecule has 2 heterocycles. The van der Waals surface area contributed by atoms with Gasteiger partial charge in [0.25, 0.3) is 0 Å². The van der Waals surface area contributed by atoms with E-state index in [1.54, 1.807) is 28.6 Å². The smallest absolute Gasteiger partial charge is 0.227 e. The van der Waals surface area contributed by atoms with Crippen molar-refractivity contribution in [1.29, 1.82) is 0 Å². The van der Waals surface area contributed by atoms with Crippen molar-refractivity contribution in [3.63, 3.8) is 0 Å². The Morgan fingerprint density at radius 2 is 2.08 bits per heavy atom. The van der Waals surface area contributed by atoms with Gasteiger partial charge >= 0.3 is 0 Å². The summed E-state index contributed by atoms with van der Waals surface area (Å²) in [4.78, 5) is 17.4. The first-order valence-electron chi connectivity index (χ1n) is 8.48. The first kappa shape index (κ1) is 16.2. The Bertz CT molecular complexity index is 856. The summed E-state index contributed by atoms with van der Waals surface area (Å²) in [6.07, 6.45) is 1.38. The third-order valence-electron chi connectivity index (χ3n) is 4.59. The van der Waals surface area contributed by atoms with Crippen molar-refractivity contribution < 1.29 is 9.90 Å². The van der Waals surface area contributed by atoms with E-state index in [4.69, 9.17) is 0 Å². The van der Waals surface area contributed by atoms with Crippen LogP contribution in [0, 0.1) is 5.92 Å². The normalized spacial score (nSPS) is 22.4. The second kappa shape index (κ2) is 6.22. The summed E-state index contributed by atoms with van der Waals surface area (Å²) in [5, 5.41) is 18.3. The Balaban J connectivity index is 1.86. The highest BCUT2D eigenvalue weighted by Crippen LogP contribution is 2.42. The summed E-state index contributed by atoms with van der Waals surface area (Å²) >= 11 is 1.58. The van der Waals surface area contributed by atoms with E-state index in [-0.39, 0.29) is 17.6 Å². The van der Waals surface area contributed by atoms with Crippen LogP contribution in [0.5, 0.6) is 5.75 Å². The van der Waals surface area contributed by atoms with Crippen LogP contribution in [0.1, 0.15) is 38.3 Å². The summed E-state index contributed by atoms with van der Waals surface area (Å²) in [5.74, 6) is 2.24. The highest BCUT2D eigenvalue weighted by atomic mass is 32.2. The van der Waals surface area contributed by atoms with Gasteiger partial charge in [-0.2, -0.15) is 4.98 Å². The molecule has 2 N–H and O–H groups in total. The van der Waals surface area contributed by atoms with Crippen molar-refractivity contribution in [2.24, 2.45) is 5.92 Å². The van der Waals surface area contributed by atoms with E-state index < -0.39 is 0 Å². The first-order chi connectivity index (χ1) is 12.1. The zero-order valence-corrected chi connectivity index (χ0v) is 15.0. The summed E-state index contributed by atoms with van der Waals surface area (Å²) < 4.78 is 1.80. The molecule has 0 fully saturated rings. The number of hydrogen-bond acceptors (Lipinski definition) is 6. The van der Waals surface area contributed by atoms with Gasteiger partial charge in [-0.25, -0.2) is 4.68 Å². The second-order valence-electron chi connectivity index (χ2n) is 6.54. The van der Waals surface area contributed by atoms with Gasteiger partial charge in [-0.05, 0) is 35.8 Å². The number of benzene rings is 1. The van der Waals surface area contributed by atoms with Crippen LogP contribution in [-0.4, -0.2) is 31.4 Å². The fraction of sp³-hybridized carbons (Fsp3) is 0.389. The van der Waals surface area contributed by atoms with Crippen LogP contribution in [0.2, 0.25) is 0 Å². The van der Waals surface area contributed by atoms with E-state index in [0.717, 1.165) is 29.0 Å². The summed E-state index contributed by atoms with van der Waals surface area (Å²) in [6.45, 7) is 4.15. The number of aromatic nitrogens is 3. The Hall–Kier alpha value is -2.28. The Labute approximate surface area is 150 Å². The number of carbonyl (C=O) groups excluding carboxylic acids is 1. The maximum Gasteiger partial charge on any atom is 0.227 e. The van der Waals surface area contributed by atoms with E-state index in [9.17, 15) is 9.90 Å². The average molecular weight is 356 g/mol. The molecule has 0 unspecified atom stereocenters. The molecule has 7 heteroatoms. The third-order valence-corrected chi connectivity index (χ3v) is 5.31. The van der Waals surface area contributed by atoms with Gasteiger partial charge in [0.05, 0.1) is 0 Å². The number of Topliss-reactive ketones (excluding diaryl/α,β-unsaturated/α-hetero) is 1. The predicted molar refractivity (Wildman–Crippen MR) is 96.7 cm³/mol. The first-order valence-corrected chi connectivity index (χ1v) is 9.47. The number of aromatic hydroxyl groups is 1. The van der Waals surface area contributed by atoms with Crippen LogP contribution in [-0.2, 0) is 4.79 Å². The third kappa shape index (κ3) is 2.82. The van der Waals surface area contributed by atoms with Crippen molar-refractivity contribution in [2.45, 2.75) is 37.9 Å². The van der Waals surface area contributed by atoms with Gasteiger partial charge in [0, 0.05) is 17.7 Å². The molecule has 130 valence electrons. The van der Waals surface area contributed by atoms with Crippen LogP contribution in [0.3, 0.4) is 0 Å². The van der Waals surface area contributed by atoms with Crippen LogP contribution in [0.25, 0.3) is 0 Å². The van der Waals surface area contributed by atoms with E-state index >= 15 is 0 Å². The molecule has 1 aromatic carbocycles. The Morgan fingerprint density at radius 1 is 1.32 bits per heavy atom. The van der Waals surface area contributed by atoms with Gasteiger partial charge in [0.2, 0.25) is 11.1 Å². The molecule has 0 bridgehead atoms. The van der Waals surface area contributed by atoms with E-state index in [1.807, 2.05) is 12.1 Å². The average Bonchev–Trinajstić information content (AvgIpc) is 2.96. The highest BCUT2D eigenvalue weighted by Gasteiger charge is 2.38. The number of nitrogens with one attached hydrogen (secondary N) is 1. The zero-order chi connectivity index (χ0) is 17.6. The lowest BCUT2D eigenvalue weighted by Gasteiger charge is -2.34. The van der Waals surface area contributed by atoms with Crippen LogP contribution in [0.4, 0.5) is 5.95 Å². The van der Waals surface area contributed by atoms with Gasteiger partial charge in [-0.1, -0.05) is 37.7 Å². The van der Waals surface area contributed by atoms with Gasteiger partial charge in [-0.15, -0.1) is 5.10 Å². The number of phenolic OH excluding ortho intramolecular Hbond substituents is 1. The molecule has 0 saturated heterocycles. The number of thioether (sulfide) groups is 1. The summed E-state index contributed by atoms with van der Waals surface area (Å²) in [5.41, 5.74) is 2.65. The molecule has 0 saturated carbocycles. The molecule has 2 atom stereocenters. The molecule has 2 aliphatic rings. The largest absolute Gasteiger partial charge is 0.508 e. The molecule has 4 rings (SSSR count). The lowest BCUT2D eigenvalue weighted by Crippen LogP contribution is -2.33. The molecule has 0 spiro atoms. The SMILES string of the molecule is CCSc1nc2n(n1)[C@@H](c1ccc(O)cc1)C1=C(C[C@H](C)CC1=O)N2. The van der Waals surface area contributed by atoms with Crippen molar-refractivity contribution in [3.8, 4) is 5.75 Å². The fourth-order valence-corrected chi connectivity index (χ4v) is 4.10. The van der Waals surface area contributed by atoms with Gasteiger partial charge in [-0.3, -0.25) is 4.79 Å². The maximum absolute atomic E-state index is 12.8. The van der Waals surface area contributed by atoms with E-state index in [0.29, 0.717) is 23.4 Å². The topological polar surface area (TPSA) is 80.0 Å². The molecule has 2 aromatic rings. The zero-order valence-electron chi connectivity index (χ0n) is 14.2. The van der Waals surface area contributed by atoms with Crippen LogP contribution >= 0.6 is 11.8 Å². The van der Waals surface area contributed by atoms with Gasteiger partial charge in [0.15, 0.2) is 5.78 Å². The number of hydrogen-bond donors (Lipinski definition) is 2. The van der Waals surface area contributed by atoms with Crippen molar-refractivity contribution in [2.75, 3.05) is 11.1 Å². The Kier molecular flexibility index (Phi) is 4.03. The second-order valence-corrected chi connectivity index (χ2v) is 7.77. The number of phenols is 1. The number of allylic oxidation sites excluding steroid dienone is 2. The van der Waals surface area contributed by atoms with Crippen LogP contribution < -0.4 is 5.32 Å². The summed E-state index contributed by atoms with van der Waals surface area (Å²) in [7, 11) is 0. The van der Waals surface area contributed by atoms with E-state index in [1.165, 1.54) is 0 Å². The molecule has 1 aliphatic heterocycles. The number of anilines is 1. The van der Waals surface area contributed by atoms with Gasteiger partial charge < -0.3 is 10.4 Å². The minimum atomic E-state index is -0.300. The fourth-order valence-electron chi connectivity index (χ4n) is 3.54. The summed E-state index contributed by atoms with van der Waals surface area (Å²) in [6, 6.07) is 6.68. The Morgan fingerprint density at radius 3 is 2.80 bits per heavy atom. The number of ketones is 1. The van der Waals surface area contributed by atoms with Gasteiger partial charge in [0.1, 0.15) is 11.8 Å². The molecule has 0 amide bonds. The molecule has 25 heavy (non-hydrogen) atoms.